The van der Waals surface area contributed by atoms with E-state index >= 15 is 0 Å². The second kappa shape index (κ2) is 6.77. The molecule has 5 rings (SSSR count). The third kappa shape index (κ3) is 2.69. The number of rotatable bonds is 4. The van der Waals surface area contributed by atoms with E-state index in [0.717, 1.165) is 35.1 Å². The number of imidazole rings is 1. The first kappa shape index (κ1) is 17.5. The normalized spacial score (nSPS) is 15.4. The van der Waals surface area contributed by atoms with Gasteiger partial charge in [-0.05, 0) is 32.4 Å². The summed E-state index contributed by atoms with van der Waals surface area (Å²) in [5.41, 5.74) is 1.84. The number of fused-ring (bicyclic) bond motifs is 3. The number of aromatic nitrogens is 8. The van der Waals surface area contributed by atoms with Crippen LogP contribution < -0.4 is 4.90 Å². The van der Waals surface area contributed by atoms with E-state index in [2.05, 4.69) is 50.8 Å². The van der Waals surface area contributed by atoms with Crippen LogP contribution in [0.3, 0.4) is 0 Å². The second-order valence-corrected chi connectivity index (χ2v) is 7.22. The fourth-order valence-corrected chi connectivity index (χ4v) is 3.93. The van der Waals surface area contributed by atoms with Gasteiger partial charge in [0.15, 0.2) is 11.6 Å². The maximum Gasteiger partial charge on any atom is 0.237 e. The van der Waals surface area contributed by atoms with E-state index in [1.54, 1.807) is 24.9 Å². The minimum absolute atomic E-state index is 0.107. The number of pyridine rings is 1. The van der Waals surface area contributed by atoms with Crippen LogP contribution in [0.5, 0.6) is 0 Å². The summed E-state index contributed by atoms with van der Waals surface area (Å²) in [6.45, 7) is 6.49. The van der Waals surface area contributed by atoms with Crippen molar-refractivity contribution in [2.24, 2.45) is 0 Å². The van der Waals surface area contributed by atoms with Crippen LogP contribution >= 0.6 is 0 Å². The molecule has 1 aliphatic heterocycles. The summed E-state index contributed by atoms with van der Waals surface area (Å²) in [4.78, 5) is 20.5. The zero-order chi connectivity index (χ0) is 20.0. The Balaban J connectivity index is 1.68. The highest BCUT2D eigenvalue weighted by Gasteiger charge is 2.35. The average molecular weight is 387 g/mol. The van der Waals surface area contributed by atoms with Gasteiger partial charge >= 0.3 is 0 Å². The van der Waals surface area contributed by atoms with Crippen molar-refractivity contribution >= 4 is 5.82 Å². The monoisotopic (exact) mass is 387 g/mol. The van der Waals surface area contributed by atoms with Crippen LogP contribution in [0.1, 0.15) is 39.1 Å². The maximum absolute atomic E-state index is 4.97. The minimum atomic E-state index is 0.107. The van der Waals surface area contributed by atoms with Crippen molar-refractivity contribution in [1.82, 2.24) is 39.3 Å². The average Bonchev–Trinajstić information content (AvgIpc) is 3.42. The van der Waals surface area contributed by atoms with Gasteiger partial charge in [0.2, 0.25) is 5.95 Å². The van der Waals surface area contributed by atoms with Crippen molar-refractivity contribution in [3.63, 3.8) is 0 Å². The van der Waals surface area contributed by atoms with Crippen molar-refractivity contribution in [2.45, 2.75) is 39.3 Å². The SMILES string of the molecule is CC[C@@H]1c2nncn2-c2cnc(-n3ccnc3-c3ccncc3)nc2N1C(C)C. The molecule has 5 heterocycles. The van der Waals surface area contributed by atoms with Gasteiger partial charge in [0.05, 0.1) is 12.2 Å². The molecule has 0 aromatic carbocycles. The number of anilines is 1. The number of hydrogen-bond acceptors (Lipinski definition) is 7. The van der Waals surface area contributed by atoms with E-state index < -0.39 is 0 Å². The molecule has 4 aromatic rings. The summed E-state index contributed by atoms with van der Waals surface area (Å²) < 4.78 is 3.89. The summed E-state index contributed by atoms with van der Waals surface area (Å²) in [7, 11) is 0. The highest BCUT2D eigenvalue weighted by Crippen LogP contribution is 2.39. The van der Waals surface area contributed by atoms with Gasteiger partial charge in [-0.3, -0.25) is 14.1 Å². The molecule has 0 bridgehead atoms. The molecule has 0 saturated carbocycles. The van der Waals surface area contributed by atoms with Gasteiger partial charge in [-0.2, -0.15) is 4.98 Å². The van der Waals surface area contributed by atoms with Gasteiger partial charge in [-0.1, -0.05) is 6.92 Å². The molecule has 1 aliphatic rings. The summed E-state index contributed by atoms with van der Waals surface area (Å²) >= 11 is 0. The van der Waals surface area contributed by atoms with Crippen molar-refractivity contribution in [3.05, 3.63) is 55.3 Å². The Kier molecular flexibility index (Phi) is 4.08. The quantitative estimate of drug-likeness (QED) is 0.532. The van der Waals surface area contributed by atoms with E-state index in [0.29, 0.717) is 5.95 Å². The van der Waals surface area contributed by atoms with Crippen LogP contribution in [0.2, 0.25) is 0 Å². The largest absolute Gasteiger partial charge is 0.342 e. The van der Waals surface area contributed by atoms with Crippen LogP contribution in [0.15, 0.2) is 49.4 Å². The van der Waals surface area contributed by atoms with E-state index in [9.17, 15) is 0 Å². The molecule has 4 aromatic heterocycles. The lowest BCUT2D eigenvalue weighted by Crippen LogP contribution is -2.40. The number of nitrogens with zero attached hydrogens (tertiary/aromatic N) is 9. The molecule has 146 valence electrons. The molecule has 0 N–H and O–H groups in total. The fourth-order valence-electron chi connectivity index (χ4n) is 3.93. The Hall–Kier alpha value is -3.62. The first-order valence-electron chi connectivity index (χ1n) is 9.68. The fraction of sp³-hybridized carbons (Fsp3) is 0.300. The van der Waals surface area contributed by atoms with Gasteiger partial charge in [0.1, 0.15) is 17.8 Å². The lowest BCUT2D eigenvalue weighted by Gasteiger charge is -2.39. The lowest BCUT2D eigenvalue weighted by molar-refractivity contribution is 0.497. The van der Waals surface area contributed by atoms with Gasteiger partial charge in [0.25, 0.3) is 0 Å². The Morgan fingerprint density at radius 2 is 1.90 bits per heavy atom. The first-order chi connectivity index (χ1) is 14.2. The first-order valence-corrected chi connectivity index (χ1v) is 9.68. The Morgan fingerprint density at radius 1 is 1.07 bits per heavy atom. The lowest BCUT2D eigenvalue weighted by atomic mass is 10.1. The summed E-state index contributed by atoms with van der Waals surface area (Å²) in [6.07, 6.45) is 11.6. The zero-order valence-corrected chi connectivity index (χ0v) is 16.5. The summed E-state index contributed by atoms with van der Waals surface area (Å²) in [5, 5.41) is 8.49. The Morgan fingerprint density at radius 3 is 2.66 bits per heavy atom. The van der Waals surface area contributed by atoms with E-state index in [-0.39, 0.29) is 12.1 Å². The van der Waals surface area contributed by atoms with Crippen molar-refractivity contribution in [2.75, 3.05) is 4.90 Å². The van der Waals surface area contributed by atoms with Crippen molar-refractivity contribution in [3.8, 4) is 23.0 Å². The highest BCUT2D eigenvalue weighted by atomic mass is 15.4. The van der Waals surface area contributed by atoms with Crippen LogP contribution in [0.4, 0.5) is 5.82 Å². The van der Waals surface area contributed by atoms with Crippen molar-refractivity contribution in [1.29, 1.82) is 0 Å². The van der Waals surface area contributed by atoms with Crippen LogP contribution in [-0.4, -0.2) is 45.3 Å². The summed E-state index contributed by atoms with van der Waals surface area (Å²) in [6, 6.07) is 4.20. The molecule has 0 amide bonds. The molecular weight excluding hydrogens is 366 g/mol. The molecule has 29 heavy (non-hydrogen) atoms. The van der Waals surface area contributed by atoms with Gasteiger partial charge < -0.3 is 4.90 Å². The topological polar surface area (TPSA) is 90.4 Å². The van der Waals surface area contributed by atoms with Crippen LogP contribution in [0, 0.1) is 0 Å². The van der Waals surface area contributed by atoms with Gasteiger partial charge in [-0.25, -0.2) is 9.97 Å². The molecule has 0 unspecified atom stereocenters. The summed E-state index contributed by atoms with van der Waals surface area (Å²) in [5.74, 6) is 3.14. The van der Waals surface area contributed by atoms with Gasteiger partial charge in [-0.15, -0.1) is 10.2 Å². The van der Waals surface area contributed by atoms with E-state index in [4.69, 9.17) is 4.98 Å². The van der Waals surface area contributed by atoms with E-state index in [1.807, 2.05) is 33.7 Å². The predicted octanol–water partition coefficient (Wildman–Crippen LogP) is 2.98. The predicted molar refractivity (Wildman–Crippen MR) is 108 cm³/mol. The smallest absolute Gasteiger partial charge is 0.237 e. The third-order valence-electron chi connectivity index (χ3n) is 5.19. The molecule has 0 fully saturated rings. The van der Waals surface area contributed by atoms with E-state index in [1.165, 1.54) is 0 Å². The minimum Gasteiger partial charge on any atom is -0.342 e. The molecule has 0 spiro atoms. The standard InChI is InChI=1S/C20H21N9/c1-4-15-19-26-24-12-28(19)16-11-23-20(25-18(16)29(15)13(2)3)27-10-9-22-17(27)14-5-7-21-8-6-14/h5-13,15H,4H2,1-3H3/t15-/m1/s1. The van der Waals surface area contributed by atoms with Gasteiger partial charge in [0, 0.05) is 36.4 Å². The Bertz CT molecular complexity index is 1150. The third-order valence-corrected chi connectivity index (χ3v) is 5.19. The molecule has 9 heteroatoms. The zero-order valence-electron chi connectivity index (χ0n) is 16.5. The van der Waals surface area contributed by atoms with Crippen LogP contribution in [0.25, 0.3) is 23.0 Å². The molecule has 0 aliphatic carbocycles. The molecular formula is C20H21N9. The molecule has 0 radical (unpaired) electrons. The van der Waals surface area contributed by atoms with Crippen LogP contribution in [-0.2, 0) is 0 Å². The Labute approximate surface area is 168 Å². The number of hydrogen-bond donors (Lipinski definition) is 0. The molecule has 1 atom stereocenters. The van der Waals surface area contributed by atoms with Crippen molar-refractivity contribution < 1.29 is 0 Å². The molecule has 0 saturated heterocycles. The highest BCUT2D eigenvalue weighted by molar-refractivity contribution is 5.63. The second-order valence-electron chi connectivity index (χ2n) is 7.22. The molecule has 9 nitrogen and oxygen atoms in total. The maximum atomic E-state index is 4.97.